The number of sulfonamides is 1. The van der Waals surface area contributed by atoms with Crippen LogP contribution in [0.4, 0.5) is 10.5 Å². The van der Waals surface area contributed by atoms with Crippen LogP contribution in [0.3, 0.4) is 0 Å². The Morgan fingerprint density at radius 1 is 0.920 bits per heavy atom. The SMILES string of the molecule is Cn1c(COc2ccc(Cc3sc(=O)[nH]c3O)cc2)nc2ccc(Oc3ccc4cccc(NC(=O)NS(=O)(=O)c5ccccc5)c4c3)cc21. The number of aromatic nitrogens is 3. The van der Waals surface area contributed by atoms with Crippen molar-refractivity contribution in [2.75, 3.05) is 5.32 Å². The number of aromatic amines is 1. The van der Waals surface area contributed by atoms with Crippen molar-refractivity contribution in [1.29, 1.82) is 0 Å². The highest BCUT2D eigenvalue weighted by Crippen LogP contribution is 2.32. The minimum Gasteiger partial charge on any atom is -0.494 e. The van der Waals surface area contributed by atoms with E-state index >= 15 is 0 Å². The third kappa shape index (κ3) is 7.02. The molecule has 2 heterocycles. The fraction of sp³-hybridized carbons (Fsp3) is 0.0833. The Morgan fingerprint density at radius 2 is 1.66 bits per heavy atom. The van der Waals surface area contributed by atoms with Crippen molar-refractivity contribution < 1.29 is 27.8 Å². The number of hydrogen-bond donors (Lipinski definition) is 4. The van der Waals surface area contributed by atoms with E-state index in [1.54, 1.807) is 36.4 Å². The van der Waals surface area contributed by atoms with Crippen molar-refractivity contribution in [2.24, 2.45) is 7.05 Å². The average molecular weight is 708 g/mol. The summed E-state index contributed by atoms with van der Waals surface area (Å²) < 4.78 is 41.5. The van der Waals surface area contributed by atoms with Crippen LogP contribution in [-0.2, 0) is 30.1 Å². The molecule has 0 saturated heterocycles. The lowest BCUT2D eigenvalue weighted by molar-refractivity contribution is 0.256. The second-order valence-corrected chi connectivity index (χ2v) is 14.0. The molecule has 2 amide bonds. The van der Waals surface area contributed by atoms with Crippen LogP contribution in [-0.4, -0.2) is 34.1 Å². The lowest BCUT2D eigenvalue weighted by Gasteiger charge is -2.12. The standard InChI is InChI=1S/C36H29N5O7S2/c1-41-31-20-26(16-17-30(31)37-33(41)21-47-24-13-10-22(11-14-24)18-32-34(42)39-36(44)49-32)48-25-15-12-23-6-5-9-29(28(23)19-25)38-35(43)40-50(45,46)27-7-3-2-4-8-27/h2-17,19-20,42H,18,21H2,1H3,(H,39,44)(H2,38,40,43). The summed E-state index contributed by atoms with van der Waals surface area (Å²) in [6, 6.07) is 30.5. The molecule has 5 aromatic carbocycles. The molecule has 4 N–H and O–H groups in total. The molecule has 50 heavy (non-hydrogen) atoms. The number of nitrogens with one attached hydrogen (secondary N) is 3. The number of thiazole rings is 1. The van der Waals surface area contributed by atoms with Crippen molar-refractivity contribution in [3.8, 4) is 23.1 Å². The molecule has 0 radical (unpaired) electrons. The van der Waals surface area contributed by atoms with Gasteiger partial charge in [0.25, 0.3) is 10.0 Å². The first-order chi connectivity index (χ1) is 24.1. The first kappa shape index (κ1) is 32.4. The van der Waals surface area contributed by atoms with Crippen molar-refractivity contribution in [2.45, 2.75) is 17.9 Å². The van der Waals surface area contributed by atoms with E-state index in [4.69, 9.17) is 14.5 Å². The summed E-state index contributed by atoms with van der Waals surface area (Å²) in [7, 11) is -2.15. The number of rotatable bonds is 10. The minimum atomic E-state index is -4.05. The quantitative estimate of drug-likeness (QED) is 0.123. The van der Waals surface area contributed by atoms with Gasteiger partial charge in [0.15, 0.2) is 0 Å². The van der Waals surface area contributed by atoms with E-state index in [2.05, 4.69) is 15.0 Å². The summed E-state index contributed by atoms with van der Waals surface area (Å²) in [6.07, 6.45) is 0.431. The van der Waals surface area contributed by atoms with Gasteiger partial charge in [0.1, 0.15) is 29.7 Å². The summed E-state index contributed by atoms with van der Waals surface area (Å²) in [4.78, 5) is 31.5. The second kappa shape index (κ2) is 13.4. The van der Waals surface area contributed by atoms with E-state index < -0.39 is 16.1 Å². The topological polar surface area (TPSA) is 165 Å². The Morgan fingerprint density at radius 3 is 2.42 bits per heavy atom. The molecule has 0 bridgehead atoms. The highest BCUT2D eigenvalue weighted by molar-refractivity contribution is 7.90. The van der Waals surface area contributed by atoms with Crippen LogP contribution in [0.15, 0.2) is 119 Å². The van der Waals surface area contributed by atoms with Crippen LogP contribution in [0.1, 0.15) is 16.3 Å². The van der Waals surface area contributed by atoms with Crippen LogP contribution in [0, 0.1) is 0 Å². The molecule has 14 heteroatoms. The van der Waals surface area contributed by atoms with Crippen molar-refractivity contribution in [1.82, 2.24) is 19.3 Å². The van der Waals surface area contributed by atoms with E-state index in [-0.39, 0.29) is 22.3 Å². The summed E-state index contributed by atoms with van der Waals surface area (Å²) in [5.41, 5.74) is 2.94. The summed E-state index contributed by atoms with van der Waals surface area (Å²) >= 11 is 0.984. The number of fused-ring (bicyclic) bond motifs is 2. The van der Waals surface area contributed by atoms with Crippen LogP contribution in [0.5, 0.6) is 23.1 Å². The van der Waals surface area contributed by atoms with E-state index in [9.17, 15) is 23.1 Å². The highest BCUT2D eigenvalue weighted by atomic mass is 32.2. The number of ether oxygens (including phenoxy) is 2. The van der Waals surface area contributed by atoms with E-state index in [1.165, 1.54) is 12.1 Å². The third-order valence-electron chi connectivity index (χ3n) is 7.92. The van der Waals surface area contributed by atoms with Crippen LogP contribution in [0.25, 0.3) is 21.8 Å². The number of aryl methyl sites for hydroxylation is 1. The van der Waals surface area contributed by atoms with Crippen LogP contribution >= 0.6 is 11.3 Å². The Hall–Kier alpha value is -6.12. The number of aromatic hydroxyl groups is 1. The van der Waals surface area contributed by atoms with Gasteiger partial charge in [-0.15, -0.1) is 0 Å². The summed E-state index contributed by atoms with van der Waals surface area (Å²) in [6.45, 7) is 0.224. The zero-order chi connectivity index (χ0) is 34.8. The number of imidazole rings is 1. The molecule has 0 spiro atoms. The molecule has 0 aliphatic rings. The van der Waals surface area contributed by atoms with Gasteiger partial charge in [-0.25, -0.2) is 22.9 Å². The van der Waals surface area contributed by atoms with Gasteiger partial charge >= 0.3 is 10.9 Å². The first-order valence-electron chi connectivity index (χ1n) is 15.3. The Bertz CT molecular complexity index is 2530. The predicted octanol–water partition coefficient (Wildman–Crippen LogP) is 6.65. The molecule has 252 valence electrons. The Balaban J connectivity index is 1.03. The minimum absolute atomic E-state index is 0.0200. The maximum atomic E-state index is 12.7. The molecule has 0 aliphatic heterocycles. The Kier molecular flexibility index (Phi) is 8.70. The highest BCUT2D eigenvalue weighted by Gasteiger charge is 2.18. The molecular weight excluding hydrogens is 679 g/mol. The average Bonchev–Trinajstić information content (AvgIpc) is 3.60. The maximum Gasteiger partial charge on any atom is 0.333 e. The predicted molar refractivity (Wildman–Crippen MR) is 191 cm³/mol. The van der Waals surface area contributed by atoms with Gasteiger partial charge in [0.05, 0.1) is 26.5 Å². The number of carbonyl (C=O) groups excluding carboxylic acids is 1. The monoisotopic (exact) mass is 707 g/mol. The summed E-state index contributed by atoms with van der Waals surface area (Å²) in [5.74, 6) is 2.34. The Labute approximate surface area is 289 Å². The largest absolute Gasteiger partial charge is 0.494 e. The number of benzene rings is 5. The molecule has 7 aromatic rings. The zero-order valence-corrected chi connectivity index (χ0v) is 28.0. The molecule has 7 rings (SSSR count). The molecule has 0 aliphatic carbocycles. The van der Waals surface area contributed by atoms with Gasteiger partial charge in [0, 0.05) is 24.9 Å². The summed E-state index contributed by atoms with van der Waals surface area (Å²) in [5, 5.41) is 14.0. The van der Waals surface area contributed by atoms with E-state index in [0.29, 0.717) is 45.4 Å². The van der Waals surface area contributed by atoms with Crippen molar-refractivity contribution in [3.05, 3.63) is 135 Å². The van der Waals surface area contributed by atoms with Gasteiger partial charge in [-0.1, -0.05) is 59.9 Å². The normalized spacial score (nSPS) is 11.5. The smallest absolute Gasteiger partial charge is 0.333 e. The fourth-order valence-corrected chi connectivity index (χ4v) is 7.10. The third-order valence-corrected chi connectivity index (χ3v) is 10.1. The van der Waals surface area contributed by atoms with Gasteiger partial charge < -0.3 is 24.5 Å². The number of anilines is 1. The van der Waals surface area contributed by atoms with Crippen molar-refractivity contribution in [3.63, 3.8) is 0 Å². The number of H-pyrrole nitrogens is 1. The second-order valence-electron chi connectivity index (χ2n) is 11.3. The molecule has 12 nitrogen and oxygen atoms in total. The van der Waals surface area contributed by atoms with Gasteiger partial charge in [-0.2, -0.15) is 0 Å². The van der Waals surface area contributed by atoms with Gasteiger partial charge in [-0.3, -0.25) is 9.78 Å². The number of amides is 2. The molecular formula is C36H29N5O7S2. The number of hydrogen-bond acceptors (Lipinski definition) is 9. The molecule has 0 saturated carbocycles. The first-order valence-corrected chi connectivity index (χ1v) is 17.6. The molecule has 2 aromatic heterocycles. The molecule has 0 atom stereocenters. The molecule has 0 unspecified atom stereocenters. The van der Waals surface area contributed by atoms with Crippen LogP contribution < -0.4 is 24.4 Å². The van der Waals surface area contributed by atoms with Gasteiger partial charge in [0.2, 0.25) is 5.88 Å². The maximum absolute atomic E-state index is 12.7. The number of nitrogens with zero attached hydrogens (tertiary/aromatic N) is 2. The van der Waals surface area contributed by atoms with E-state index in [1.807, 2.05) is 72.3 Å². The lowest BCUT2D eigenvalue weighted by atomic mass is 10.1. The fourth-order valence-electron chi connectivity index (χ4n) is 5.41. The lowest BCUT2D eigenvalue weighted by Crippen LogP contribution is -2.34. The van der Waals surface area contributed by atoms with E-state index in [0.717, 1.165) is 33.3 Å². The molecule has 0 fully saturated rings. The zero-order valence-electron chi connectivity index (χ0n) is 26.4. The number of carbonyl (C=O) groups is 1. The van der Waals surface area contributed by atoms with Crippen molar-refractivity contribution >= 4 is 54.9 Å². The van der Waals surface area contributed by atoms with Crippen LogP contribution in [0.2, 0.25) is 0 Å². The number of urea groups is 1. The van der Waals surface area contributed by atoms with Gasteiger partial charge in [-0.05, 0) is 65.5 Å².